The van der Waals surface area contributed by atoms with E-state index in [4.69, 9.17) is 0 Å². The summed E-state index contributed by atoms with van der Waals surface area (Å²) in [5.74, 6) is -0.709. The van der Waals surface area contributed by atoms with Crippen LogP contribution in [0.2, 0.25) is 0 Å². The first kappa shape index (κ1) is 16.1. The molecule has 2 aromatic heterocycles. The third-order valence-electron chi connectivity index (χ3n) is 2.87. The highest BCUT2D eigenvalue weighted by molar-refractivity contribution is 7.15. The first-order chi connectivity index (χ1) is 11.3. The normalized spacial score (nSPS) is 11.5. The van der Waals surface area contributed by atoms with E-state index < -0.39 is 17.1 Å². The van der Waals surface area contributed by atoms with Crippen LogP contribution in [0.5, 0.6) is 0 Å². The van der Waals surface area contributed by atoms with Gasteiger partial charge in [0.2, 0.25) is 10.1 Å². The number of para-hydroxylation sites is 1. The fourth-order valence-corrected chi connectivity index (χ4v) is 2.42. The van der Waals surface area contributed by atoms with Gasteiger partial charge in [-0.1, -0.05) is 29.5 Å². The zero-order chi connectivity index (χ0) is 17.3. The van der Waals surface area contributed by atoms with Gasteiger partial charge in [0.1, 0.15) is 0 Å². The number of benzene rings is 1. The van der Waals surface area contributed by atoms with E-state index in [1.807, 2.05) is 6.07 Å². The Hall–Kier alpha value is -2.82. The zero-order valence-corrected chi connectivity index (χ0v) is 12.9. The van der Waals surface area contributed by atoms with Gasteiger partial charge in [-0.25, -0.2) is 0 Å². The molecule has 1 amide bonds. The fourth-order valence-electron chi connectivity index (χ4n) is 1.81. The number of hydrogen-bond donors (Lipinski definition) is 1. The van der Waals surface area contributed by atoms with E-state index in [1.54, 1.807) is 31.2 Å². The van der Waals surface area contributed by atoms with Gasteiger partial charge in [0.05, 0.1) is 11.4 Å². The summed E-state index contributed by atoms with van der Waals surface area (Å²) in [6.07, 6.45) is -4.60. The summed E-state index contributed by atoms with van der Waals surface area (Å²) < 4.78 is 37.5. The lowest BCUT2D eigenvalue weighted by molar-refractivity contribution is -0.138. The summed E-state index contributed by atoms with van der Waals surface area (Å²) >= 11 is 0.238. The van der Waals surface area contributed by atoms with Gasteiger partial charge in [-0.05, 0) is 19.1 Å². The summed E-state index contributed by atoms with van der Waals surface area (Å²) in [4.78, 5) is 13.4. The minimum Gasteiger partial charge on any atom is -0.295 e. The number of alkyl halides is 3. The Morgan fingerprint density at radius 1 is 1.17 bits per heavy atom. The second-order valence-electron chi connectivity index (χ2n) is 4.62. The van der Waals surface area contributed by atoms with Crippen LogP contribution in [-0.2, 0) is 6.18 Å². The van der Waals surface area contributed by atoms with Crippen LogP contribution in [0.25, 0.3) is 5.69 Å². The number of carbonyl (C=O) groups is 1. The van der Waals surface area contributed by atoms with Gasteiger partial charge >= 0.3 is 6.18 Å². The molecule has 7 nitrogen and oxygen atoms in total. The van der Waals surface area contributed by atoms with Crippen LogP contribution < -0.4 is 5.32 Å². The molecule has 0 aliphatic heterocycles. The third-order valence-corrected chi connectivity index (χ3v) is 3.76. The Bertz CT molecular complexity index is 873. The topological polar surface area (TPSA) is 85.6 Å². The number of halogens is 3. The quantitative estimate of drug-likeness (QED) is 0.782. The molecule has 0 saturated carbocycles. The van der Waals surface area contributed by atoms with Crippen LogP contribution in [0.15, 0.2) is 30.3 Å². The average molecular weight is 354 g/mol. The van der Waals surface area contributed by atoms with E-state index in [9.17, 15) is 18.0 Å². The van der Waals surface area contributed by atoms with Crippen LogP contribution in [0.3, 0.4) is 0 Å². The average Bonchev–Trinajstić information content (AvgIpc) is 3.14. The molecular weight excluding hydrogens is 345 g/mol. The van der Waals surface area contributed by atoms with Crippen molar-refractivity contribution in [3.63, 3.8) is 0 Å². The van der Waals surface area contributed by atoms with Crippen LogP contribution in [0, 0.1) is 6.92 Å². The van der Waals surface area contributed by atoms with Crippen LogP contribution in [0.1, 0.15) is 21.2 Å². The molecule has 0 spiro atoms. The first-order valence-electron chi connectivity index (χ1n) is 6.56. The number of aryl methyl sites for hydroxylation is 1. The maximum absolute atomic E-state index is 12.5. The zero-order valence-electron chi connectivity index (χ0n) is 12.1. The molecule has 0 bridgehead atoms. The smallest absolute Gasteiger partial charge is 0.295 e. The summed E-state index contributed by atoms with van der Waals surface area (Å²) in [6, 6.07) is 8.89. The van der Waals surface area contributed by atoms with Crippen molar-refractivity contribution in [2.24, 2.45) is 0 Å². The Morgan fingerprint density at radius 3 is 2.50 bits per heavy atom. The van der Waals surface area contributed by atoms with Gasteiger partial charge in [-0.15, -0.1) is 15.3 Å². The number of nitrogens with one attached hydrogen (secondary N) is 1. The van der Waals surface area contributed by atoms with Gasteiger partial charge < -0.3 is 0 Å². The maximum Gasteiger partial charge on any atom is 0.445 e. The van der Waals surface area contributed by atoms with Crippen molar-refractivity contribution in [2.45, 2.75) is 13.1 Å². The molecule has 2 heterocycles. The standard InChI is InChI=1S/C13H9F3N6OS/c1-7-9(21-22(20-7)8-5-3-2-4-6-8)10(23)17-12-19-18-11(24-12)13(14,15)16/h2-6H,1H3,(H,17,19,23). The molecule has 0 atom stereocenters. The second kappa shape index (κ2) is 6.00. The number of anilines is 1. The van der Waals surface area contributed by atoms with Crippen LogP contribution in [0.4, 0.5) is 18.3 Å². The van der Waals surface area contributed by atoms with Crippen molar-refractivity contribution in [3.8, 4) is 5.69 Å². The Balaban J connectivity index is 1.81. The summed E-state index contributed by atoms with van der Waals surface area (Å²) in [6.45, 7) is 1.57. The number of nitrogens with zero attached hydrogens (tertiary/aromatic N) is 5. The SMILES string of the molecule is Cc1nn(-c2ccccc2)nc1C(=O)Nc1nnc(C(F)(F)F)s1. The van der Waals surface area contributed by atoms with Crippen LogP contribution >= 0.6 is 11.3 Å². The molecule has 3 rings (SSSR count). The van der Waals surface area contributed by atoms with E-state index in [1.165, 1.54) is 4.80 Å². The van der Waals surface area contributed by atoms with E-state index >= 15 is 0 Å². The van der Waals surface area contributed by atoms with Crippen molar-refractivity contribution in [2.75, 3.05) is 5.32 Å². The van der Waals surface area contributed by atoms with Gasteiger partial charge in [0, 0.05) is 0 Å². The molecule has 0 unspecified atom stereocenters. The minimum absolute atomic E-state index is 0.0115. The van der Waals surface area contributed by atoms with Crippen molar-refractivity contribution in [3.05, 3.63) is 46.7 Å². The maximum atomic E-state index is 12.5. The number of rotatable bonds is 3. The predicted molar refractivity (Wildman–Crippen MR) is 79.0 cm³/mol. The third kappa shape index (κ3) is 3.25. The lowest BCUT2D eigenvalue weighted by atomic mass is 10.3. The molecule has 11 heteroatoms. The highest BCUT2D eigenvalue weighted by Crippen LogP contribution is 2.33. The molecule has 124 valence electrons. The van der Waals surface area contributed by atoms with E-state index in [-0.39, 0.29) is 22.2 Å². The lowest BCUT2D eigenvalue weighted by Crippen LogP contribution is -2.14. The molecular formula is C13H9F3N6OS. The molecule has 0 fully saturated rings. The lowest BCUT2D eigenvalue weighted by Gasteiger charge is -1.99. The fraction of sp³-hybridized carbons (Fsp3) is 0.154. The Kier molecular flexibility index (Phi) is 4.01. The molecule has 0 aliphatic rings. The van der Waals surface area contributed by atoms with Gasteiger partial charge in [-0.2, -0.15) is 23.1 Å². The van der Waals surface area contributed by atoms with E-state index in [0.717, 1.165) is 0 Å². The number of amides is 1. The molecule has 24 heavy (non-hydrogen) atoms. The molecule has 0 saturated heterocycles. The molecule has 1 N–H and O–H groups in total. The highest BCUT2D eigenvalue weighted by atomic mass is 32.1. The van der Waals surface area contributed by atoms with E-state index in [0.29, 0.717) is 11.4 Å². The molecule has 0 aliphatic carbocycles. The second-order valence-corrected chi connectivity index (χ2v) is 5.60. The van der Waals surface area contributed by atoms with Crippen LogP contribution in [-0.4, -0.2) is 31.1 Å². The molecule has 0 radical (unpaired) electrons. The number of carbonyl (C=O) groups excluding carboxylic acids is 1. The first-order valence-corrected chi connectivity index (χ1v) is 7.37. The van der Waals surface area contributed by atoms with Crippen molar-refractivity contribution >= 4 is 22.4 Å². The summed E-state index contributed by atoms with van der Waals surface area (Å²) in [5.41, 5.74) is 0.967. The number of aromatic nitrogens is 5. The van der Waals surface area contributed by atoms with Crippen molar-refractivity contribution in [1.29, 1.82) is 0 Å². The predicted octanol–water partition coefficient (Wildman–Crippen LogP) is 2.70. The molecule has 3 aromatic rings. The van der Waals surface area contributed by atoms with E-state index in [2.05, 4.69) is 25.7 Å². The summed E-state index contributed by atoms with van der Waals surface area (Å²) in [5, 5.41) is 15.3. The minimum atomic E-state index is -4.60. The van der Waals surface area contributed by atoms with Gasteiger partial charge in [0.15, 0.2) is 5.69 Å². The summed E-state index contributed by atoms with van der Waals surface area (Å²) in [7, 11) is 0. The largest absolute Gasteiger partial charge is 0.445 e. The molecule has 1 aromatic carbocycles. The Morgan fingerprint density at radius 2 is 1.88 bits per heavy atom. The highest BCUT2D eigenvalue weighted by Gasteiger charge is 2.36. The van der Waals surface area contributed by atoms with Gasteiger partial charge in [-0.3, -0.25) is 10.1 Å². The Labute approximate surface area is 137 Å². The monoisotopic (exact) mass is 354 g/mol. The van der Waals surface area contributed by atoms with Crippen molar-refractivity contribution in [1.82, 2.24) is 25.2 Å². The van der Waals surface area contributed by atoms with Gasteiger partial charge in [0.25, 0.3) is 5.91 Å². The van der Waals surface area contributed by atoms with Crippen molar-refractivity contribution < 1.29 is 18.0 Å². The number of hydrogen-bond acceptors (Lipinski definition) is 6.